The Morgan fingerprint density at radius 2 is 2.00 bits per heavy atom. The number of para-hydroxylation sites is 1. The van der Waals surface area contributed by atoms with Crippen molar-refractivity contribution in [2.45, 2.75) is 0 Å². The zero-order valence-electron chi connectivity index (χ0n) is 8.39. The average molecular weight is 327 g/mol. The molecule has 0 bridgehead atoms. The van der Waals surface area contributed by atoms with Gasteiger partial charge in [0.25, 0.3) is 0 Å². The highest BCUT2D eigenvalue weighted by molar-refractivity contribution is 9.10. The number of rotatable bonds is 1. The Hall–Kier alpha value is -1.04. The van der Waals surface area contributed by atoms with Crippen LogP contribution in [0.1, 0.15) is 0 Å². The van der Waals surface area contributed by atoms with Crippen molar-refractivity contribution in [3.05, 3.63) is 40.2 Å². The van der Waals surface area contributed by atoms with Crippen molar-refractivity contribution in [1.82, 2.24) is 15.0 Å². The molecule has 0 fully saturated rings. The molecule has 0 saturated carbocycles. The van der Waals surface area contributed by atoms with Gasteiger partial charge in [-0.2, -0.15) is 0 Å². The van der Waals surface area contributed by atoms with Crippen molar-refractivity contribution in [1.29, 1.82) is 0 Å². The first-order valence-electron chi connectivity index (χ1n) is 4.78. The van der Waals surface area contributed by atoms with E-state index in [0.29, 0.717) is 0 Å². The highest BCUT2D eigenvalue weighted by atomic mass is 79.9. The average Bonchev–Trinajstić information content (AvgIpc) is 2.75. The molecule has 3 nitrogen and oxygen atoms in total. The summed E-state index contributed by atoms with van der Waals surface area (Å²) in [4.78, 5) is 12.6. The summed E-state index contributed by atoms with van der Waals surface area (Å²) in [5, 5.41) is 1.06. The fourth-order valence-corrected chi connectivity index (χ4v) is 3.08. The summed E-state index contributed by atoms with van der Waals surface area (Å²) < 4.78 is 1.92. The minimum atomic E-state index is 0.224. The highest BCUT2D eigenvalue weighted by Gasteiger charge is 2.11. The quantitative estimate of drug-likeness (QED) is 0.630. The normalized spacial score (nSPS) is 10.9. The molecule has 0 aliphatic rings. The van der Waals surface area contributed by atoms with Gasteiger partial charge >= 0.3 is 0 Å². The van der Waals surface area contributed by atoms with Crippen LogP contribution in [0.5, 0.6) is 0 Å². The molecule has 0 N–H and O–H groups in total. The highest BCUT2D eigenvalue weighted by Crippen LogP contribution is 2.33. The zero-order valence-corrected chi connectivity index (χ0v) is 11.6. The molecule has 2 aromatic heterocycles. The summed E-state index contributed by atoms with van der Waals surface area (Å²) in [6.45, 7) is 0. The minimum Gasteiger partial charge on any atom is -0.234 e. The molecule has 1 aromatic carbocycles. The van der Waals surface area contributed by atoms with Crippen LogP contribution >= 0.6 is 38.9 Å². The van der Waals surface area contributed by atoms with Crippen LogP contribution < -0.4 is 0 Å². The third-order valence-corrected chi connectivity index (χ3v) is 4.02. The molecule has 0 atom stereocenters. The molecule has 0 unspecified atom stereocenters. The summed E-state index contributed by atoms with van der Waals surface area (Å²) in [7, 11) is 0. The van der Waals surface area contributed by atoms with Crippen molar-refractivity contribution in [2.75, 3.05) is 0 Å². The predicted octanol–water partition coefficient (Wildman–Crippen LogP) is 4.17. The molecule has 2 heterocycles. The number of halogens is 2. The van der Waals surface area contributed by atoms with Gasteiger partial charge in [-0.15, -0.1) is 11.3 Å². The number of hydrogen-bond donors (Lipinski definition) is 0. The lowest BCUT2D eigenvalue weighted by atomic mass is 10.3. The number of nitrogens with zero attached hydrogens (tertiary/aromatic N) is 3. The van der Waals surface area contributed by atoms with Gasteiger partial charge in [0, 0.05) is 6.20 Å². The third-order valence-electron chi connectivity index (χ3n) is 2.21. The van der Waals surface area contributed by atoms with Gasteiger partial charge in [0.05, 0.1) is 14.7 Å². The van der Waals surface area contributed by atoms with Crippen LogP contribution in [0.25, 0.3) is 20.9 Å². The second-order valence-corrected chi connectivity index (χ2v) is 5.55. The first-order chi connectivity index (χ1) is 8.24. The molecule has 0 amide bonds. The van der Waals surface area contributed by atoms with Crippen LogP contribution in [-0.4, -0.2) is 15.0 Å². The van der Waals surface area contributed by atoms with E-state index in [2.05, 4.69) is 30.9 Å². The van der Waals surface area contributed by atoms with Crippen molar-refractivity contribution in [2.24, 2.45) is 0 Å². The van der Waals surface area contributed by atoms with E-state index in [1.165, 1.54) is 0 Å². The van der Waals surface area contributed by atoms with Gasteiger partial charge in [-0.25, -0.2) is 15.0 Å². The Kier molecular flexibility index (Phi) is 2.82. The lowest BCUT2D eigenvalue weighted by Gasteiger charge is -1.98. The van der Waals surface area contributed by atoms with E-state index in [0.717, 1.165) is 25.4 Å². The third kappa shape index (κ3) is 2.06. The number of thiazole rings is 1. The summed E-state index contributed by atoms with van der Waals surface area (Å²) in [6.07, 6.45) is 1.64. The first kappa shape index (κ1) is 11.1. The predicted molar refractivity (Wildman–Crippen MR) is 73.4 cm³/mol. The molecule has 17 heavy (non-hydrogen) atoms. The van der Waals surface area contributed by atoms with E-state index in [9.17, 15) is 0 Å². The van der Waals surface area contributed by atoms with Crippen molar-refractivity contribution >= 4 is 49.1 Å². The van der Waals surface area contributed by atoms with Crippen LogP contribution in [0.15, 0.2) is 34.9 Å². The fourth-order valence-electron chi connectivity index (χ4n) is 1.47. The summed E-state index contributed by atoms with van der Waals surface area (Å²) in [5.41, 5.74) is 1.69. The number of aromatic nitrogens is 3. The molecular formula is C11H5BrClN3S. The van der Waals surface area contributed by atoms with E-state index in [1.807, 2.05) is 24.3 Å². The number of fused-ring (bicyclic) bond motifs is 1. The van der Waals surface area contributed by atoms with Crippen LogP contribution in [-0.2, 0) is 0 Å². The monoisotopic (exact) mass is 325 g/mol. The largest absolute Gasteiger partial charge is 0.234 e. The van der Waals surface area contributed by atoms with Crippen LogP contribution in [0.4, 0.5) is 0 Å². The fraction of sp³-hybridized carbons (Fsp3) is 0. The number of benzene rings is 1. The van der Waals surface area contributed by atoms with E-state index in [1.54, 1.807) is 17.5 Å². The van der Waals surface area contributed by atoms with Gasteiger partial charge in [0.1, 0.15) is 10.7 Å². The minimum absolute atomic E-state index is 0.224. The lowest BCUT2D eigenvalue weighted by molar-refractivity contribution is 1.15. The molecule has 3 rings (SSSR count). The summed E-state index contributed by atoms with van der Waals surface area (Å²) in [6, 6.07) is 7.97. The maximum absolute atomic E-state index is 5.80. The van der Waals surface area contributed by atoms with Crippen LogP contribution in [0.3, 0.4) is 0 Å². The maximum Gasteiger partial charge on any atom is 0.223 e. The molecule has 84 valence electrons. The van der Waals surface area contributed by atoms with Gasteiger partial charge in [0.15, 0.2) is 0 Å². The SMILES string of the molecule is Clc1ncc(Br)c(-c2nc3ccccc3s2)n1. The zero-order chi connectivity index (χ0) is 11.8. The van der Waals surface area contributed by atoms with Crippen LogP contribution in [0.2, 0.25) is 5.28 Å². The standard InChI is InChI=1S/C11H5BrClN3S/c12-6-5-14-11(13)16-9(6)10-15-7-3-1-2-4-8(7)17-10/h1-5H. The van der Waals surface area contributed by atoms with Gasteiger partial charge in [-0.1, -0.05) is 12.1 Å². The Morgan fingerprint density at radius 1 is 1.18 bits per heavy atom. The Labute approximate surface area is 115 Å². The van der Waals surface area contributed by atoms with Crippen molar-refractivity contribution in [3.8, 4) is 10.7 Å². The van der Waals surface area contributed by atoms with Crippen molar-refractivity contribution < 1.29 is 0 Å². The van der Waals surface area contributed by atoms with Crippen molar-refractivity contribution in [3.63, 3.8) is 0 Å². The van der Waals surface area contributed by atoms with E-state index in [-0.39, 0.29) is 5.28 Å². The molecule has 0 aliphatic heterocycles. The Balaban J connectivity index is 2.23. The Bertz CT molecular complexity index is 665. The molecule has 3 aromatic rings. The van der Waals surface area contributed by atoms with Gasteiger partial charge < -0.3 is 0 Å². The molecule has 0 spiro atoms. The topological polar surface area (TPSA) is 38.7 Å². The van der Waals surface area contributed by atoms with Gasteiger partial charge in [-0.05, 0) is 39.7 Å². The van der Waals surface area contributed by atoms with E-state index >= 15 is 0 Å². The second kappa shape index (κ2) is 4.33. The summed E-state index contributed by atoms with van der Waals surface area (Å²) in [5.74, 6) is 0. The smallest absolute Gasteiger partial charge is 0.223 e. The van der Waals surface area contributed by atoms with E-state index in [4.69, 9.17) is 11.6 Å². The number of hydrogen-bond acceptors (Lipinski definition) is 4. The Morgan fingerprint density at radius 3 is 2.82 bits per heavy atom. The van der Waals surface area contributed by atoms with Gasteiger partial charge in [-0.3, -0.25) is 0 Å². The molecule has 0 saturated heterocycles. The molecule has 0 radical (unpaired) electrons. The maximum atomic E-state index is 5.80. The molecule has 6 heteroatoms. The van der Waals surface area contributed by atoms with E-state index < -0.39 is 0 Å². The van der Waals surface area contributed by atoms with Crippen LogP contribution in [0, 0.1) is 0 Å². The first-order valence-corrected chi connectivity index (χ1v) is 6.77. The summed E-state index contributed by atoms with van der Waals surface area (Å²) >= 11 is 10.8. The molecule has 0 aliphatic carbocycles. The van der Waals surface area contributed by atoms with Gasteiger partial charge in [0.2, 0.25) is 5.28 Å². The lowest BCUT2D eigenvalue weighted by Crippen LogP contribution is -1.88. The second-order valence-electron chi connectivity index (χ2n) is 3.32. The molecular weight excluding hydrogens is 322 g/mol.